The van der Waals surface area contributed by atoms with E-state index in [-0.39, 0.29) is 0 Å². The lowest BCUT2D eigenvalue weighted by Crippen LogP contribution is -2.61. The third-order valence-electron chi connectivity index (χ3n) is 6.15. The number of hydrogen-bond donors (Lipinski definition) is 0. The average molecular weight is 358 g/mol. The van der Waals surface area contributed by atoms with Crippen LogP contribution in [0.3, 0.4) is 0 Å². The molecule has 5 rings (SSSR count). The van der Waals surface area contributed by atoms with Gasteiger partial charge in [-0.05, 0) is 38.7 Å². The first-order valence-corrected chi connectivity index (χ1v) is 9.67. The Labute approximate surface area is 153 Å². The Morgan fingerprint density at radius 1 is 1.04 bits per heavy atom. The summed E-state index contributed by atoms with van der Waals surface area (Å²) in [6, 6.07) is 4.50. The second-order valence-electron chi connectivity index (χ2n) is 7.75. The molecule has 2 bridgehead atoms. The molecule has 2 unspecified atom stereocenters. The van der Waals surface area contributed by atoms with Crippen LogP contribution in [-0.4, -0.2) is 69.2 Å². The summed E-state index contributed by atoms with van der Waals surface area (Å²) in [7, 11) is 0. The topological polar surface area (TPSA) is 72.5 Å². The Hall–Kier alpha value is -1.93. The number of likely N-dealkylation sites (tertiary alicyclic amines) is 1. The van der Waals surface area contributed by atoms with Crippen LogP contribution in [0.5, 0.6) is 0 Å². The van der Waals surface area contributed by atoms with Gasteiger partial charge in [0.05, 0.1) is 31.3 Å². The monoisotopic (exact) mass is 358 g/mol. The first-order valence-electron chi connectivity index (χ1n) is 9.67. The highest BCUT2D eigenvalue weighted by molar-refractivity contribution is 5.33. The minimum atomic E-state index is 0.330. The molecule has 140 valence electrons. The molecule has 0 spiro atoms. The zero-order chi connectivity index (χ0) is 17.5. The first kappa shape index (κ1) is 16.3. The van der Waals surface area contributed by atoms with Gasteiger partial charge in [0.25, 0.3) is 0 Å². The number of aromatic nitrogens is 4. The number of morpholine rings is 1. The molecule has 0 aromatic carbocycles. The molecule has 0 amide bonds. The second-order valence-corrected chi connectivity index (χ2v) is 7.75. The summed E-state index contributed by atoms with van der Waals surface area (Å²) in [5.74, 6) is 0.696. The third-order valence-corrected chi connectivity index (χ3v) is 6.15. The van der Waals surface area contributed by atoms with Crippen LogP contribution in [0.4, 0.5) is 6.01 Å². The molecular formula is C18H26N6O2. The van der Waals surface area contributed by atoms with E-state index < -0.39 is 0 Å². The predicted molar refractivity (Wildman–Crippen MR) is 95.0 cm³/mol. The maximum atomic E-state index is 5.84. The van der Waals surface area contributed by atoms with Crippen molar-refractivity contribution in [2.24, 2.45) is 0 Å². The van der Waals surface area contributed by atoms with Crippen molar-refractivity contribution in [2.75, 3.05) is 31.2 Å². The molecule has 3 saturated heterocycles. The van der Waals surface area contributed by atoms with Gasteiger partial charge in [0, 0.05) is 31.5 Å². The highest BCUT2D eigenvalue weighted by Gasteiger charge is 2.43. The molecular weight excluding hydrogens is 332 g/mol. The minimum absolute atomic E-state index is 0.330. The van der Waals surface area contributed by atoms with Crippen molar-refractivity contribution >= 4 is 6.01 Å². The Balaban J connectivity index is 1.25. The van der Waals surface area contributed by atoms with Crippen LogP contribution in [0.15, 0.2) is 23.0 Å². The highest BCUT2D eigenvalue weighted by atomic mass is 16.5. The van der Waals surface area contributed by atoms with Gasteiger partial charge in [-0.15, -0.1) is 0 Å². The van der Waals surface area contributed by atoms with Gasteiger partial charge in [-0.3, -0.25) is 4.68 Å². The first-order chi connectivity index (χ1) is 12.8. The largest absolute Gasteiger partial charge is 0.377 e. The van der Waals surface area contributed by atoms with Gasteiger partial charge in [-0.2, -0.15) is 10.1 Å². The van der Waals surface area contributed by atoms with Gasteiger partial charge < -0.3 is 19.1 Å². The molecule has 3 aliphatic rings. The summed E-state index contributed by atoms with van der Waals surface area (Å²) in [4.78, 5) is 9.46. The van der Waals surface area contributed by atoms with Gasteiger partial charge >= 0.3 is 6.01 Å². The van der Waals surface area contributed by atoms with E-state index in [0.717, 1.165) is 39.1 Å². The summed E-state index contributed by atoms with van der Waals surface area (Å²) >= 11 is 0. The number of piperidine rings is 2. The van der Waals surface area contributed by atoms with Gasteiger partial charge in [0.15, 0.2) is 5.82 Å². The van der Waals surface area contributed by atoms with E-state index in [9.17, 15) is 0 Å². The smallest absolute Gasteiger partial charge is 0.324 e. The van der Waals surface area contributed by atoms with Gasteiger partial charge in [-0.25, -0.2) is 0 Å². The maximum absolute atomic E-state index is 5.84. The van der Waals surface area contributed by atoms with E-state index in [4.69, 9.17) is 9.26 Å². The lowest BCUT2D eigenvalue weighted by atomic mass is 9.88. The molecule has 2 atom stereocenters. The molecule has 8 heteroatoms. The summed E-state index contributed by atoms with van der Waals surface area (Å²) in [6.07, 6.45) is 8.53. The zero-order valence-electron chi connectivity index (χ0n) is 15.2. The number of hydrogen-bond acceptors (Lipinski definition) is 7. The number of aryl methyl sites for hydroxylation is 1. The predicted octanol–water partition coefficient (Wildman–Crippen LogP) is 1.65. The Kier molecular flexibility index (Phi) is 4.17. The van der Waals surface area contributed by atoms with E-state index >= 15 is 0 Å². The fourth-order valence-electron chi connectivity index (χ4n) is 4.90. The Morgan fingerprint density at radius 3 is 2.42 bits per heavy atom. The molecule has 0 saturated carbocycles. The fraction of sp³-hybridized carbons (Fsp3) is 0.722. The molecule has 2 aromatic heterocycles. The number of nitrogens with zero attached hydrogens (tertiary/aromatic N) is 6. The lowest BCUT2D eigenvalue weighted by Gasteiger charge is -2.50. The molecule has 26 heavy (non-hydrogen) atoms. The fourth-order valence-corrected chi connectivity index (χ4v) is 4.90. The summed E-state index contributed by atoms with van der Waals surface area (Å²) in [5, 5.41) is 8.39. The van der Waals surface area contributed by atoms with E-state index in [1.807, 2.05) is 19.2 Å². The van der Waals surface area contributed by atoms with Crippen LogP contribution < -0.4 is 4.90 Å². The van der Waals surface area contributed by atoms with Crippen molar-refractivity contribution in [3.05, 3.63) is 24.3 Å². The van der Waals surface area contributed by atoms with Crippen molar-refractivity contribution in [3.63, 3.8) is 0 Å². The molecule has 3 fully saturated rings. The average Bonchev–Trinajstić information content (AvgIpc) is 3.32. The van der Waals surface area contributed by atoms with Crippen LogP contribution >= 0.6 is 0 Å². The van der Waals surface area contributed by atoms with E-state index in [1.165, 1.54) is 12.8 Å². The Bertz CT molecular complexity index is 710. The molecule has 3 aliphatic heterocycles. The van der Waals surface area contributed by atoms with E-state index in [0.29, 0.717) is 36.0 Å². The highest BCUT2D eigenvalue weighted by Crippen LogP contribution is 2.35. The second kappa shape index (κ2) is 6.66. The van der Waals surface area contributed by atoms with Crippen molar-refractivity contribution in [3.8, 4) is 0 Å². The van der Waals surface area contributed by atoms with Crippen LogP contribution in [0.25, 0.3) is 0 Å². The van der Waals surface area contributed by atoms with E-state index in [1.54, 1.807) is 0 Å². The standard InChI is InChI=1S/C18H26N6O2/c1-13-20-18(26-21-13)24-16-9-15(10-17(24)12-25-11-16)22-7-3-14(4-8-22)23-6-2-5-19-23/h2,5-6,14-17H,3-4,7-12H2,1H3. The quantitative estimate of drug-likeness (QED) is 0.826. The lowest BCUT2D eigenvalue weighted by molar-refractivity contribution is 0.00427. The van der Waals surface area contributed by atoms with Crippen LogP contribution in [0, 0.1) is 6.92 Å². The van der Waals surface area contributed by atoms with Crippen molar-refractivity contribution in [2.45, 2.75) is 56.8 Å². The number of rotatable bonds is 3. The summed E-state index contributed by atoms with van der Waals surface area (Å²) in [6.45, 7) is 5.66. The van der Waals surface area contributed by atoms with Crippen molar-refractivity contribution < 1.29 is 9.26 Å². The third kappa shape index (κ3) is 2.91. The normalized spacial score (nSPS) is 30.7. The molecule has 0 N–H and O–H groups in total. The van der Waals surface area contributed by atoms with E-state index in [2.05, 4.69) is 35.9 Å². The molecule has 0 aliphatic carbocycles. The van der Waals surface area contributed by atoms with Crippen LogP contribution in [0.1, 0.15) is 37.5 Å². The van der Waals surface area contributed by atoms with Crippen LogP contribution in [-0.2, 0) is 4.74 Å². The molecule has 0 radical (unpaired) electrons. The van der Waals surface area contributed by atoms with Gasteiger partial charge in [0.1, 0.15) is 0 Å². The van der Waals surface area contributed by atoms with Crippen molar-refractivity contribution in [1.82, 2.24) is 24.8 Å². The number of anilines is 1. The SMILES string of the molecule is Cc1noc(N2C3COCC2CC(N2CCC(n4cccn4)CC2)C3)n1. The summed E-state index contributed by atoms with van der Waals surface area (Å²) in [5.41, 5.74) is 0. The molecule has 8 nitrogen and oxygen atoms in total. The van der Waals surface area contributed by atoms with Gasteiger partial charge in [-0.1, -0.05) is 5.16 Å². The number of ether oxygens (including phenoxy) is 1. The Morgan fingerprint density at radius 2 is 1.81 bits per heavy atom. The minimum Gasteiger partial charge on any atom is -0.377 e. The number of fused-ring (bicyclic) bond motifs is 2. The van der Waals surface area contributed by atoms with Gasteiger partial charge in [0.2, 0.25) is 0 Å². The molecule has 5 heterocycles. The van der Waals surface area contributed by atoms with Crippen molar-refractivity contribution in [1.29, 1.82) is 0 Å². The van der Waals surface area contributed by atoms with Crippen LogP contribution in [0.2, 0.25) is 0 Å². The molecule has 2 aromatic rings. The summed E-state index contributed by atoms with van der Waals surface area (Å²) < 4.78 is 13.4. The maximum Gasteiger partial charge on any atom is 0.324 e. The zero-order valence-corrected chi connectivity index (χ0v) is 15.2.